The summed E-state index contributed by atoms with van der Waals surface area (Å²) in [6.07, 6.45) is 2.25. The topological polar surface area (TPSA) is 39.1 Å². The van der Waals surface area contributed by atoms with E-state index in [2.05, 4.69) is 77.6 Å². The minimum Gasteiger partial charge on any atom is -0.497 e. The van der Waals surface area contributed by atoms with Crippen molar-refractivity contribution in [3.63, 3.8) is 0 Å². The molecule has 1 N–H and O–H groups in total. The second kappa shape index (κ2) is 8.64. The van der Waals surface area contributed by atoms with Gasteiger partial charge in [-0.2, -0.15) is 5.10 Å². The predicted molar refractivity (Wildman–Crippen MR) is 144 cm³/mol. The van der Waals surface area contributed by atoms with Crippen LogP contribution in [0.5, 0.6) is 5.75 Å². The molecule has 1 aliphatic heterocycles. The number of halogens is 1. The van der Waals surface area contributed by atoms with E-state index in [9.17, 15) is 0 Å². The van der Waals surface area contributed by atoms with E-state index in [1.54, 1.807) is 7.11 Å². The molecule has 4 aromatic carbocycles. The fraction of sp³-hybridized carbons (Fsp3) is 0.100. The maximum Gasteiger partial charge on any atom is 0.138 e. The van der Waals surface area contributed by atoms with Gasteiger partial charge in [0.15, 0.2) is 0 Å². The monoisotopic (exact) mass is 477 g/mol. The third-order valence-corrected chi connectivity index (χ3v) is 6.83. The Morgan fingerprint density at radius 3 is 2.31 bits per heavy atom. The molecule has 0 saturated carbocycles. The molecule has 0 unspecified atom stereocenters. The van der Waals surface area contributed by atoms with Crippen molar-refractivity contribution in [1.82, 2.24) is 9.78 Å². The van der Waals surface area contributed by atoms with E-state index in [0.29, 0.717) is 5.02 Å². The standard InChI is InChI=1S/C30H24ClN3O/c1-19-29(22-9-13-25(31)14-10-22)30-32-27(24-8-7-20-5-3-4-6-23(20)17-24)18-28(34(30)33-19)21-11-15-26(35-2)16-12-21/h3-18,28,32H,1-2H3/t28-/m1/s1. The maximum absolute atomic E-state index is 6.18. The van der Waals surface area contributed by atoms with Crippen molar-refractivity contribution in [2.24, 2.45) is 0 Å². The molecule has 35 heavy (non-hydrogen) atoms. The largest absolute Gasteiger partial charge is 0.497 e. The van der Waals surface area contributed by atoms with Crippen LogP contribution >= 0.6 is 11.6 Å². The number of methoxy groups -OCH3 is 1. The molecule has 1 aliphatic rings. The van der Waals surface area contributed by atoms with E-state index < -0.39 is 0 Å². The zero-order valence-corrected chi connectivity index (χ0v) is 20.3. The molecule has 5 aromatic rings. The highest BCUT2D eigenvalue weighted by atomic mass is 35.5. The highest BCUT2D eigenvalue weighted by molar-refractivity contribution is 6.30. The summed E-state index contributed by atoms with van der Waals surface area (Å²) in [5.74, 6) is 1.80. The summed E-state index contributed by atoms with van der Waals surface area (Å²) in [6.45, 7) is 2.05. The van der Waals surface area contributed by atoms with Crippen LogP contribution in [0.25, 0.3) is 27.6 Å². The first kappa shape index (κ1) is 21.5. The van der Waals surface area contributed by atoms with Crippen molar-refractivity contribution in [2.75, 3.05) is 12.4 Å². The molecule has 1 aromatic heterocycles. The summed E-state index contributed by atoms with van der Waals surface area (Å²) in [5.41, 5.74) is 6.44. The molecule has 0 spiro atoms. The van der Waals surface area contributed by atoms with Crippen molar-refractivity contribution in [1.29, 1.82) is 0 Å². The first-order chi connectivity index (χ1) is 17.1. The summed E-state index contributed by atoms with van der Waals surface area (Å²) in [4.78, 5) is 0. The minimum atomic E-state index is -0.0709. The molecule has 0 bridgehead atoms. The molecular formula is C30H24ClN3O. The Morgan fingerprint density at radius 1 is 0.857 bits per heavy atom. The number of aryl methyl sites for hydroxylation is 1. The number of fused-ring (bicyclic) bond motifs is 2. The van der Waals surface area contributed by atoms with Gasteiger partial charge < -0.3 is 10.1 Å². The Morgan fingerprint density at radius 2 is 1.57 bits per heavy atom. The summed E-state index contributed by atoms with van der Waals surface area (Å²) >= 11 is 6.18. The van der Waals surface area contributed by atoms with Crippen molar-refractivity contribution < 1.29 is 4.74 Å². The highest BCUT2D eigenvalue weighted by Crippen LogP contribution is 2.41. The second-order valence-electron chi connectivity index (χ2n) is 8.75. The van der Waals surface area contributed by atoms with Crippen LogP contribution < -0.4 is 10.1 Å². The minimum absolute atomic E-state index is 0.0709. The lowest BCUT2D eigenvalue weighted by molar-refractivity contribution is 0.414. The number of allylic oxidation sites excluding steroid dienone is 1. The average molecular weight is 478 g/mol. The van der Waals surface area contributed by atoms with Gasteiger partial charge in [-0.15, -0.1) is 0 Å². The van der Waals surface area contributed by atoms with Crippen LogP contribution in [0, 0.1) is 6.92 Å². The second-order valence-corrected chi connectivity index (χ2v) is 9.18. The first-order valence-corrected chi connectivity index (χ1v) is 12.0. The number of nitrogens with zero attached hydrogens (tertiary/aromatic N) is 2. The Bertz CT molecular complexity index is 1570. The average Bonchev–Trinajstić information content (AvgIpc) is 3.24. The Labute approximate surface area is 209 Å². The zero-order valence-electron chi connectivity index (χ0n) is 19.5. The smallest absolute Gasteiger partial charge is 0.138 e. The lowest BCUT2D eigenvalue weighted by atomic mass is 9.98. The van der Waals surface area contributed by atoms with Gasteiger partial charge in [-0.3, -0.25) is 0 Å². The lowest BCUT2D eigenvalue weighted by Gasteiger charge is -2.27. The molecule has 0 radical (unpaired) electrons. The molecule has 0 amide bonds. The number of rotatable bonds is 4. The van der Waals surface area contributed by atoms with Gasteiger partial charge in [-0.1, -0.05) is 72.3 Å². The summed E-state index contributed by atoms with van der Waals surface area (Å²) in [5, 5.41) is 11.8. The fourth-order valence-corrected chi connectivity index (χ4v) is 4.92. The van der Waals surface area contributed by atoms with Gasteiger partial charge in [0.25, 0.3) is 0 Å². The van der Waals surface area contributed by atoms with Gasteiger partial charge >= 0.3 is 0 Å². The van der Waals surface area contributed by atoms with Crippen LogP contribution in [0.4, 0.5) is 5.82 Å². The summed E-state index contributed by atoms with van der Waals surface area (Å²) < 4.78 is 7.46. The summed E-state index contributed by atoms with van der Waals surface area (Å²) in [7, 11) is 1.69. The predicted octanol–water partition coefficient (Wildman–Crippen LogP) is 7.73. The molecule has 6 rings (SSSR count). The molecule has 5 heteroatoms. The number of aromatic nitrogens is 2. The number of ether oxygens (including phenoxy) is 1. The van der Waals surface area contributed by atoms with Gasteiger partial charge in [0.1, 0.15) is 11.6 Å². The van der Waals surface area contributed by atoms with Crippen LogP contribution in [0.2, 0.25) is 5.02 Å². The quantitative estimate of drug-likeness (QED) is 0.288. The number of hydrogen-bond donors (Lipinski definition) is 1. The van der Waals surface area contributed by atoms with Crippen LogP contribution in [0.15, 0.2) is 97.1 Å². The fourth-order valence-electron chi connectivity index (χ4n) is 4.79. The number of hydrogen-bond acceptors (Lipinski definition) is 3. The first-order valence-electron chi connectivity index (χ1n) is 11.6. The van der Waals surface area contributed by atoms with E-state index in [1.165, 1.54) is 10.8 Å². The zero-order chi connectivity index (χ0) is 23.9. The molecule has 0 saturated heterocycles. The molecule has 0 aliphatic carbocycles. The van der Waals surface area contributed by atoms with Gasteiger partial charge in [-0.05, 0) is 70.8 Å². The molecule has 1 atom stereocenters. The number of nitrogens with one attached hydrogen (secondary N) is 1. The lowest BCUT2D eigenvalue weighted by Crippen LogP contribution is -2.20. The molecule has 4 nitrogen and oxygen atoms in total. The van der Waals surface area contributed by atoms with E-state index >= 15 is 0 Å². The Balaban J connectivity index is 1.52. The van der Waals surface area contributed by atoms with Crippen LogP contribution in [0.3, 0.4) is 0 Å². The number of benzene rings is 4. The van der Waals surface area contributed by atoms with Crippen molar-refractivity contribution in [3.05, 3.63) is 119 Å². The van der Waals surface area contributed by atoms with Crippen LogP contribution in [0.1, 0.15) is 22.9 Å². The molecular weight excluding hydrogens is 454 g/mol. The third kappa shape index (κ3) is 3.86. The number of anilines is 1. The molecule has 172 valence electrons. The molecule has 0 fully saturated rings. The van der Waals surface area contributed by atoms with Gasteiger partial charge in [0.05, 0.1) is 18.8 Å². The van der Waals surface area contributed by atoms with Crippen molar-refractivity contribution >= 4 is 33.9 Å². The Kier molecular flexibility index (Phi) is 5.31. The van der Waals surface area contributed by atoms with E-state index in [4.69, 9.17) is 21.4 Å². The van der Waals surface area contributed by atoms with Crippen LogP contribution in [-0.2, 0) is 0 Å². The normalized spacial score (nSPS) is 14.8. The van der Waals surface area contributed by atoms with Gasteiger partial charge in [0.2, 0.25) is 0 Å². The summed E-state index contributed by atoms with van der Waals surface area (Å²) in [6, 6.07) is 31.1. The van der Waals surface area contributed by atoms with Gasteiger partial charge in [-0.25, -0.2) is 4.68 Å². The van der Waals surface area contributed by atoms with E-state index in [1.807, 2.05) is 36.4 Å². The SMILES string of the molecule is COc1ccc([C@H]2C=C(c3ccc4ccccc4c3)Nc3c(-c4ccc(Cl)cc4)c(C)nn32)cc1. The maximum atomic E-state index is 6.18. The highest BCUT2D eigenvalue weighted by Gasteiger charge is 2.28. The van der Waals surface area contributed by atoms with Crippen molar-refractivity contribution in [3.8, 4) is 16.9 Å². The van der Waals surface area contributed by atoms with E-state index in [0.717, 1.165) is 45.2 Å². The Hall–Kier alpha value is -4.02. The van der Waals surface area contributed by atoms with E-state index in [-0.39, 0.29) is 6.04 Å². The van der Waals surface area contributed by atoms with Crippen LogP contribution in [-0.4, -0.2) is 16.9 Å². The third-order valence-electron chi connectivity index (χ3n) is 6.58. The molecule has 2 heterocycles. The van der Waals surface area contributed by atoms with Crippen molar-refractivity contribution in [2.45, 2.75) is 13.0 Å². The van der Waals surface area contributed by atoms with Gasteiger partial charge in [0, 0.05) is 16.3 Å².